The number of hydrogen-bond donors (Lipinski definition) is 2. The Bertz CT molecular complexity index is 816. The van der Waals surface area contributed by atoms with Crippen LogP contribution < -0.4 is 10.2 Å². The second-order valence-corrected chi connectivity index (χ2v) is 7.29. The predicted octanol–water partition coefficient (Wildman–Crippen LogP) is 0.354. The molecule has 0 aromatic heterocycles. The number of fused-ring (bicyclic) bond motifs is 1. The van der Waals surface area contributed by atoms with Crippen LogP contribution >= 0.6 is 0 Å². The second kappa shape index (κ2) is 6.77. The number of hydrogen-bond acceptors (Lipinski definition) is 6. The Morgan fingerprint density at radius 2 is 1.85 bits per heavy atom. The molecule has 4 rings (SSSR count). The van der Waals surface area contributed by atoms with Gasteiger partial charge in [0, 0.05) is 42.2 Å². The van der Waals surface area contributed by atoms with Crippen molar-refractivity contribution in [3.8, 4) is 0 Å². The average Bonchev–Trinajstić information content (AvgIpc) is 2.92. The molecule has 3 aliphatic rings. The van der Waals surface area contributed by atoms with Crippen molar-refractivity contribution >= 4 is 29.7 Å². The molecule has 0 spiro atoms. The average molecular weight is 371 g/mol. The summed E-state index contributed by atoms with van der Waals surface area (Å²) in [7, 11) is 0. The molecule has 0 saturated carbocycles. The number of nitrogens with one attached hydrogen (secondary N) is 1. The number of benzene rings is 1. The Balaban J connectivity index is 1.57. The molecule has 3 amide bonds. The van der Waals surface area contributed by atoms with E-state index >= 15 is 0 Å². The van der Waals surface area contributed by atoms with Crippen LogP contribution in [0.3, 0.4) is 0 Å². The maximum absolute atomic E-state index is 12.8. The molecule has 2 saturated heterocycles. The van der Waals surface area contributed by atoms with Crippen molar-refractivity contribution < 1.29 is 24.3 Å². The SMILES string of the molecule is O=CC1CCN(c2ccc3c(c2)[C@H](O)N(C2CCC(=O)NC2=O)C3=O)CC1. The summed E-state index contributed by atoms with van der Waals surface area (Å²) in [6.45, 7) is 1.48. The van der Waals surface area contributed by atoms with Crippen LogP contribution in [0, 0.1) is 5.92 Å². The van der Waals surface area contributed by atoms with Crippen molar-refractivity contribution in [1.29, 1.82) is 0 Å². The highest BCUT2D eigenvalue weighted by Crippen LogP contribution is 2.37. The first-order valence-electron chi connectivity index (χ1n) is 9.18. The van der Waals surface area contributed by atoms with Crippen molar-refractivity contribution in [2.24, 2.45) is 5.92 Å². The minimum atomic E-state index is -1.22. The van der Waals surface area contributed by atoms with Gasteiger partial charge in [-0.15, -0.1) is 0 Å². The third-order valence-corrected chi connectivity index (χ3v) is 5.68. The van der Waals surface area contributed by atoms with E-state index < -0.39 is 24.1 Å². The molecule has 0 aliphatic carbocycles. The van der Waals surface area contributed by atoms with Crippen LogP contribution in [-0.4, -0.2) is 53.1 Å². The largest absolute Gasteiger partial charge is 0.371 e. The van der Waals surface area contributed by atoms with Gasteiger partial charge >= 0.3 is 0 Å². The van der Waals surface area contributed by atoms with Crippen molar-refractivity contribution in [2.45, 2.75) is 38.0 Å². The van der Waals surface area contributed by atoms with E-state index in [1.807, 2.05) is 6.07 Å². The highest BCUT2D eigenvalue weighted by Gasteiger charge is 2.44. The zero-order valence-corrected chi connectivity index (χ0v) is 14.8. The zero-order chi connectivity index (χ0) is 19.1. The van der Waals surface area contributed by atoms with E-state index in [1.54, 1.807) is 12.1 Å². The number of amides is 3. The van der Waals surface area contributed by atoms with Gasteiger partial charge in [0.2, 0.25) is 11.8 Å². The number of carbonyl (C=O) groups is 4. The number of aliphatic hydroxyl groups is 1. The van der Waals surface area contributed by atoms with Gasteiger partial charge in [-0.3, -0.25) is 24.6 Å². The Morgan fingerprint density at radius 3 is 2.52 bits per heavy atom. The van der Waals surface area contributed by atoms with Gasteiger partial charge in [-0.1, -0.05) is 0 Å². The number of carbonyl (C=O) groups excluding carboxylic acids is 4. The first kappa shape index (κ1) is 17.7. The number of piperidine rings is 2. The fraction of sp³-hybridized carbons (Fsp3) is 0.474. The molecule has 2 N–H and O–H groups in total. The van der Waals surface area contributed by atoms with Crippen molar-refractivity contribution in [3.05, 3.63) is 29.3 Å². The predicted molar refractivity (Wildman–Crippen MR) is 94.7 cm³/mol. The number of imide groups is 1. The molecule has 3 heterocycles. The van der Waals surface area contributed by atoms with Gasteiger partial charge < -0.3 is 14.8 Å². The number of rotatable bonds is 3. The van der Waals surface area contributed by atoms with Crippen molar-refractivity contribution in [3.63, 3.8) is 0 Å². The summed E-state index contributed by atoms with van der Waals surface area (Å²) in [5.74, 6) is -1.23. The summed E-state index contributed by atoms with van der Waals surface area (Å²) >= 11 is 0. The monoisotopic (exact) mass is 371 g/mol. The van der Waals surface area contributed by atoms with Crippen LogP contribution in [0.25, 0.3) is 0 Å². The second-order valence-electron chi connectivity index (χ2n) is 7.29. The van der Waals surface area contributed by atoms with Crippen molar-refractivity contribution in [1.82, 2.24) is 10.2 Å². The van der Waals surface area contributed by atoms with Gasteiger partial charge in [-0.2, -0.15) is 0 Å². The maximum Gasteiger partial charge on any atom is 0.257 e. The number of aldehydes is 1. The summed E-state index contributed by atoms with van der Waals surface area (Å²) in [6, 6.07) is 4.43. The van der Waals surface area contributed by atoms with E-state index in [9.17, 15) is 24.3 Å². The van der Waals surface area contributed by atoms with E-state index in [1.165, 1.54) is 0 Å². The van der Waals surface area contributed by atoms with E-state index in [4.69, 9.17) is 0 Å². The Labute approximate surface area is 156 Å². The maximum atomic E-state index is 12.8. The van der Waals surface area contributed by atoms with Gasteiger partial charge in [-0.05, 0) is 37.5 Å². The van der Waals surface area contributed by atoms with Gasteiger partial charge in [-0.25, -0.2) is 0 Å². The minimum absolute atomic E-state index is 0.0888. The first-order chi connectivity index (χ1) is 13.0. The van der Waals surface area contributed by atoms with E-state index in [0.29, 0.717) is 11.1 Å². The minimum Gasteiger partial charge on any atom is -0.371 e. The van der Waals surface area contributed by atoms with Crippen LogP contribution in [0.2, 0.25) is 0 Å². The molecule has 2 atom stereocenters. The van der Waals surface area contributed by atoms with Gasteiger partial charge in [0.1, 0.15) is 12.3 Å². The van der Waals surface area contributed by atoms with Crippen LogP contribution in [0.1, 0.15) is 47.8 Å². The number of anilines is 1. The molecule has 2 fully saturated rings. The molecule has 142 valence electrons. The lowest BCUT2D eigenvalue weighted by Crippen LogP contribution is -2.53. The topological polar surface area (TPSA) is 107 Å². The summed E-state index contributed by atoms with van der Waals surface area (Å²) < 4.78 is 0. The molecular weight excluding hydrogens is 350 g/mol. The van der Waals surface area contributed by atoms with Crippen LogP contribution in [-0.2, 0) is 14.4 Å². The van der Waals surface area contributed by atoms with Gasteiger partial charge in [0.05, 0.1) is 0 Å². The molecule has 3 aliphatic heterocycles. The molecule has 1 unspecified atom stereocenters. The Morgan fingerprint density at radius 1 is 1.11 bits per heavy atom. The van der Waals surface area contributed by atoms with Crippen molar-refractivity contribution in [2.75, 3.05) is 18.0 Å². The summed E-state index contributed by atoms with van der Waals surface area (Å²) in [4.78, 5) is 50.5. The normalized spacial score (nSPS) is 26.2. The zero-order valence-electron chi connectivity index (χ0n) is 14.8. The molecular formula is C19H21N3O5. The van der Waals surface area contributed by atoms with E-state index in [0.717, 1.165) is 42.8 Å². The van der Waals surface area contributed by atoms with Crippen LogP contribution in [0.5, 0.6) is 0 Å². The standard InChI is InChI=1S/C19H21N3O5/c23-10-11-5-7-21(8-6-11)12-1-2-13-14(9-12)19(27)22(18(13)26)15-3-4-16(24)20-17(15)25/h1-2,9-11,15,19,27H,3-8H2,(H,20,24,25)/t15?,19-/m0/s1. The third-order valence-electron chi connectivity index (χ3n) is 5.68. The molecule has 8 nitrogen and oxygen atoms in total. The van der Waals surface area contributed by atoms with Gasteiger partial charge in [0.15, 0.2) is 6.23 Å². The lowest BCUT2D eigenvalue weighted by Gasteiger charge is -2.32. The summed E-state index contributed by atoms with van der Waals surface area (Å²) in [5, 5.41) is 13.0. The summed E-state index contributed by atoms with van der Waals surface area (Å²) in [5.41, 5.74) is 1.73. The summed E-state index contributed by atoms with van der Waals surface area (Å²) in [6.07, 6.45) is 1.69. The quantitative estimate of drug-likeness (QED) is 0.587. The lowest BCUT2D eigenvalue weighted by atomic mass is 9.97. The molecule has 0 bridgehead atoms. The van der Waals surface area contributed by atoms with Crippen LogP contribution in [0.15, 0.2) is 18.2 Å². The molecule has 0 radical (unpaired) electrons. The molecule has 8 heteroatoms. The highest BCUT2D eigenvalue weighted by atomic mass is 16.3. The fourth-order valence-electron chi connectivity index (χ4n) is 4.11. The molecule has 1 aromatic carbocycles. The number of aliphatic hydroxyl groups excluding tert-OH is 1. The Kier molecular flexibility index (Phi) is 4.43. The first-order valence-corrected chi connectivity index (χ1v) is 9.18. The highest BCUT2D eigenvalue weighted by molar-refractivity contribution is 6.05. The van der Waals surface area contributed by atoms with Crippen LogP contribution in [0.4, 0.5) is 5.69 Å². The third kappa shape index (κ3) is 2.99. The number of nitrogens with zero attached hydrogens (tertiary/aromatic N) is 2. The smallest absolute Gasteiger partial charge is 0.257 e. The van der Waals surface area contributed by atoms with Gasteiger partial charge in [0.25, 0.3) is 5.91 Å². The fourth-order valence-corrected chi connectivity index (χ4v) is 4.11. The lowest BCUT2D eigenvalue weighted by molar-refractivity contribution is -0.139. The Hall–Kier alpha value is -2.74. The molecule has 1 aromatic rings. The van der Waals surface area contributed by atoms with E-state index in [-0.39, 0.29) is 24.7 Å². The van der Waals surface area contributed by atoms with E-state index in [2.05, 4.69) is 10.2 Å². The molecule has 27 heavy (non-hydrogen) atoms.